The van der Waals surface area contributed by atoms with Gasteiger partial charge in [0.15, 0.2) is 5.11 Å². The van der Waals surface area contributed by atoms with Gasteiger partial charge in [0.1, 0.15) is 11.3 Å². The molecule has 1 heterocycles. The molecule has 1 saturated heterocycles. The van der Waals surface area contributed by atoms with Crippen molar-refractivity contribution < 1.29 is 14.3 Å². The number of benzene rings is 3. The van der Waals surface area contributed by atoms with Gasteiger partial charge < -0.3 is 9.64 Å². The van der Waals surface area contributed by atoms with E-state index in [4.69, 9.17) is 17.0 Å². The van der Waals surface area contributed by atoms with Crippen LogP contribution < -0.4 is 19.4 Å². The summed E-state index contributed by atoms with van der Waals surface area (Å²) in [6, 6.07) is 24.0. The highest BCUT2D eigenvalue weighted by atomic mass is 32.1. The van der Waals surface area contributed by atoms with E-state index in [0.29, 0.717) is 17.1 Å². The van der Waals surface area contributed by atoms with Gasteiger partial charge in [-0.25, -0.2) is 4.90 Å². The van der Waals surface area contributed by atoms with Gasteiger partial charge in [0.25, 0.3) is 11.8 Å². The second-order valence-electron chi connectivity index (χ2n) is 7.89. The first-order valence-electron chi connectivity index (χ1n) is 11.5. The van der Waals surface area contributed by atoms with Crippen LogP contribution in [0, 0.1) is 0 Å². The van der Waals surface area contributed by atoms with Gasteiger partial charge in [-0.1, -0.05) is 42.5 Å². The SMILES string of the molecule is CCN(CC)c1ccc(/C=C2/C(=O)N(c3ccccc3)C(=S)N(c3ccccc3OC)C2=O)cc1. The first-order chi connectivity index (χ1) is 17.0. The monoisotopic (exact) mass is 485 g/mol. The lowest BCUT2D eigenvalue weighted by molar-refractivity contribution is -0.120. The van der Waals surface area contributed by atoms with Gasteiger partial charge >= 0.3 is 0 Å². The highest BCUT2D eigenvalue weighted by Crippen LogP contribution is 2.34. The van der Waals surface area contributed by atoms with Crippen molar-refractivity contribution in [1.29, 1.82) is 0 Å². The molecule has 0 radical (unpaired) electrons. The van der Waals surface area contributed by atoms with E-state index in [1.54, 1.807) is 36.4 Å². The van der Waals surface area contributed by atoms with Gasteiger partial charge in [-0.2, -0.15) is 0 Å². The topological polar surface area (TPSA) is 53.1 Å². The molecule has 2 amide bonds. The zero-order chi connectivity index (χ0) is 24.9. The molecule has 3 aromatic carbocycles. The van der Waals surface area contributed by atoms with E-state index >= 15 is 0 Å². The maximum absolute atomic E-state index is 13.7. The van der Waals surface area contributed by atoms with Crippen molar-refractivity contribution in [2.45, 2.75) is 13.8 Å². The van der Waals surface area contributed by atoms with Crippen LogP contribution in [0.2, 0.25) is 0 Å². The number of hydrogen-bond acceptors (Lipinski definition) is 5. The molecule has 35 heavy (non-hydrogen) atoms. The molecule has 6 nitrogen and oxygen atoms in total. The number of thiocarbonyl (C=S) groups is 1. The first-order valence-corrected chi connectivity index (χ1v) is 11.9. The fourth-order valence-electron chi connectivity index (χ4n) is 4.10. The Morgan fingerprint density at radius 2 is 1.43 bits per heavy atom. The third-order valence-corrected chi connectivity index (χ3v) is 6.29. The highest BCUT2D eigenvalue weighted by molar-refractivity contribution is 7.81. The standard InChI is InChI=1S/C28H27N3O3S/c1-4-29(5-2)21-17-15-20(16-18-21)19-23-26(32)30(22-11-7-6-8-12-22)28(35)31(27(23)33)24-13-9-10-14-25(24)34-3/h6-19H,4-5H2,1-3H3/b23-19-. The summed E-state index contributed by atoms with van der Waals surface area (Å²) in [6.07, 6.45) is 1.62. The molecule has 3 aromatic rings. The van der Waals surface area contributed by atoms with Crippen LogP contribution in [-0.4, -0.2) is 37.1 Å². The number of carbonyl (C=O) groups is 2. The fraction of sp³-hybridized carbons (Fsp3) is 0.179. The van der Waals surface area contributed by atoms with Crippen molar-refractivity contribution in [1.82, 2.24) is 0 Å². The Morgan fingerprint density at radius 1 is 0.829 bits per heavy atom. The lowest BCUT2D eigenvalue weighted by Crippen LogP contribution is -2.57. The molecule has 0 saturated carbocycles. The molecule has 0 aromatic heterocycles. The van der Waals surface area contributed by atoms with Crippen LogP contribution in [0.5, 0.6) is 5.75 Å². The van der Waals surface area contributed by atoms with E-state index in [0.717, 1.165) is 24.3 Å². The molecule has 7 heteroatoms. The quantitative estimate of drug-likeness (QED) is 0.259. The van der Waals surface area contributed by atoms with E-state index in [9.17, 15) is 9.59 Å². The second-order valence-corrected chi connectivity index (χ2v) is 8.26. The highest BCUT2D eigenvalue weighted by Gasteiger charge is 2.42. The third kappa shape index (κ3) is 4.68. The predicted molar refractivity (Wildman–Crippen MR) is 145 cm³/mol. The number of anilines is 3. The zero-order valence-electron chi connectivity index (χ0n) is 20.0. The Hall–Kier alpha value is -3.97. The zero-order valence-corrected chi connectivity index (χ0v) is 20.8. The third-order valence-electron chi connectivity index (χ3n) is 5.92. The average molecular weight is 486 g/mol. The van der Waals surface area contributed by atoms with Gasteiger partial charge in [-0.05, 0) is 74.1 Å². The van der Waals surface area contributed by atoms with Crippen molar-refractivity contribution in [2.24, 2.45) is 0 Å². The van der Waals surface area contributed by atoms with Crippen LogP contribution in [-0.2, 0) is 9.59 Å². The van der Waals surface area contributed by atoms with Crippen LogP contribution in [0.15, 0.2) is 84.4 Å². The van der Waals surface area contributed by atoms with Gasteiger partial charge in [0, 0.05) is 18.8 Å². The maximum Gasteiger partial charge on any atom is 0.270 e. The summed E-state index contributed by atoms with van der Waals surface area (Å²) in [5.74, 6) is -0.483. The summed E-state index contributed by atoms with van der Waals surface area (Å²) in [4.78, 5) is 32.3. The molecule has 0 N–H and O–H groups in total. The molecule has 1 fully saturated rings. The number of amides is 2. The van der Waals surface area contributed by atoms with Crippen LogP contribution in [0.25, 0.3) is 6.08 Å². The van der Waals surface area contributed by atoms with Crippen molar-refractivity contribution in [3.05, 3.63) is 90.0 Å². The van der Waals surface area contributed by atoms with Crippen molar-refractivity contribution in [3.63, 3.8) is 0 Å². The number of ether oxygens (including phenoxy) is 1. The smallest absolute Gasteiger partial charge is 0.270 e. The van der Waals surface area contributed by atoms with Gasteiger partial charge in [-0.15, -0.1) is 0 Å². The van der Waals surface area contributed by atoms with Crippen LogP contribution in [0.1, 0.15) is 19.4 Å². The van der Waals surface area contributed by atoms with E-state index in [-0.39, 0.29) is 10.7 Å². The number of nitrogens with zero attached hydrogens (tertiary/aromatic N) is 3. The lowest BCUT2D eigenvalue weighted by atomic mass is 10.0. The summed E-state index contributed by atoms with van der Waals surface area (Å²) in [6.45, 7) is 6.00. The predicted octanol–water partition coefficient (Wildman–Crippen LogP) is 5.29. The van der Waals surface area contributed by atoms with E-state index in [1.807, 2.05) is 48.5 Å². The first kappa shape index (κ1) is 24.2. The normalized spacial score (nSPS) is 15.1. The summed E-state index contributed by atoms with van der Waals surface area (Å²) in [7, 11) is 1.53. The molecular weight excluding hydrogens is 458 g/mol. The van der Waals surface area contributed by atoms with E-state index in [2.05, 4.69) is 18.7 Å². The summed E-state index contributed by atoms with van der Waals surface area (Å²) in [5.41, 5.74) is 2.91. The molecule has 178 valence electrons. The van der Waals surface area contributed by atoms with Gasteiger partial charge in [-0.3, -0.25) is 14.5 Å². The Balaban J connectivity index is 1.82. The molecule has 1 aliphatic heterocycles. The molecule has 4 rings (SSSR count). The number of para-hydroxylation sites is 3. The Kier molecular flexibility index (Phi) is 7.27. The van der Waals surface area contributed by atoms with Gasteiger partial charge in [0.05, 0.1) is 18.5 Å². The van der Waals surface area contributed by atoms with E-state index in [1.165, 1.54) is 16.9 Å². The van der Waals surface area contributed by atoms with Gasteiger partial charge in [0.2, 0.25) is 0 Å². The minimum Gasteiger partial charge on any atom is -0.495 e. The summed E-state index contributed by atoms with van der Waals surface area (Å²) < 4.78 is 5.49. The largest absolute Gasteiger partial charge is 0.495 e. The minimum absolute atomic E-state index is 0.0175. The number of hydrogen-bond donors (Lipinski definition) is 0. The number of carbonyl (C=O) groups excluding carboxylic acids is 2. The molecule has 0 atom stereocenters. The van der Waals surface area contributed by atoms with Crippen molar-refractivity contribution >= 4 is 52.3 Å². The molecule has 0 spiro atoms. The lowest BCUT2D eigenvalue weighted by Gasteiger charge is -2.37. The summed E-state index contributed by atoms with van der Waals surface area (Å²) in [5, 5.41) is 0.0738. The van der Waals surface area contributed by atoms with Crippen LogP contribution in [0.4, 0.5) is 17.1 Å². The van der Waals surface area contributed by atoms with Crippen LogP contribution >= 0.6 is 12.2 Å². The average Bonchev–Trinajstić information content (AvgIpc) is 2.89. The number of rotatable bonds is 7. The summed E-state index contributed by atoms with van der Waals surface area (Å²) >= 11 is 5.69. The Morgan fingerprint density at radius 3 is 2.06 bits per heavy atom. The maximum atomic E-state index is 13.7. The Labute approximate surface area is 211 Å². The molecule has 0 bridgehead atoms. The Bertz CT molecular complexity index is 1270. The molecule has 1 aliphatic rings. The minimum atomic E-state index is -0.496. The van der Waals surface area contributed by atoms with Crippen LogP contribution in [0.3, 0.4) is 0 Å². The van der Waals surface area contributed by atoms with E-state index < -0.39 is 11.8 Å². The molecule has 0 aliphatic carbocycles. The number of methoxy groups -OCH3 is 1. The second kappa shape index (κ2) is 10.5. The van der Waals surface area contributed by atoms with Crippen molar-refractivity contribution in [2.75, 3.05) is 34.9 Å². The van der Waals surface area contributed by atoms with Crippen molar-refractivity contribution in [3.8, 4) is 5.75 Å². The molecule has 0 unspecified atom stereocenters. The fourth-order valence-corrected chi connectivity index (χ4v) is 4.47. The molecular formula is C28H27N3O3S.